The van der Waals surface area contributed by atoms with E-state index in [1.807, 2.05) is 0 Å². The zero-order valence-electron chi connectivity index (χ0n) is 12.6. The summed E-state index contributed by atoms with van der Waals surface area (Å²) in [5.74, 6) is 0.0686. The van der Waals surface area contributed by atoms with Crippen molar-refractivity contribution in [2.24, 2.45) is 5.92 Å². The van der Waals surface area contributed by atoms with Gasteiger partial charge in [-0.3, -0.25) is 9.59 Å². The largest absolute Gasteiger partial charge is 0.465 e. The van der Waals surface area contributed by atoms with E-state index in [-0.39, 0.29) is 18.6 Å². The standard InChI is InChI=1S/C15H23O7/c16-10-20-9-14(22-13-3-7-19-8-4-13)15(21-11-17)12-1-5-18-6-2-12/h10-14H,1-9H2. The lowest BCUT2D eigenvalue weighted by atomic mass is 9.90. The fourth-order valence-electron chi connectivity index (χ4n) is 2.83. The van der Waals surface area contributed by atoms with Crippen LogP contribution in [0.3, 0.4) is 0 Å². The lowest BCUT2D eigenvalue weighted by molar-refractivity contribution is -0.152. The van der Waals surface area contributed by atoms with E-state index in [2.05, 4.69) is 0 Å². The van der Waals surface area contributed by atoms with Crippen molar-refractivity contribution >= 4 is 12.9 Å². The van der Waals surface area contributed by atoms with Crippen LogP contribution < -0.4 is 0 Å². The molecule has 0 N–H and O–H groups in total. The Morgan fingerprint density at radius 2 is 1.64 bits per heavy atom. The molecule has 2 rings (SSSR count). The Kier molecular flexibility index (Phi) is 7.62. The van der Waals surface area contributed by atoms with Gasteiger partial charge in [-0.15, -0.1) is 0 Å². The average molecular weight is 315 g/mol. The molecule has 125 valence electrons. The molecule has 2 aliphatic rings. The van der Waals surface area contributed by atoms with Crippen LogP contribution in [0.15, 0.2) is 0 Å². The molecule has 0 spiro atoms. The van der Waals surface area contributed by atoms with Crippen LogP contribution in [-0.4, -0.2) is 58.2 Å². The van der Waals surface area contributed by atoms with Crippen molar-refractivity contribution in [2.45, 2.75) is 37.9 Å². The summed E-state index contributed by atoms with van der Waals surface area (Å²) >= 11 is 0. The molecule has 2 fully saturated rings. The molecule has 2 saturated heterocycles. The SMILES string of the molecule is O=COCC(OC1CCOCC1)[C](OC=O)C1CCOCC1. The van der Waals surface area contributed by atoms with Gasteiger partial charge in [-0.05, 0) is 25.7 Å². The second kappa shape index (κ2) is 9.76. The molecule has 7 heteroatoms. The maximum absolute atomic E-state index is 10.9. The summed E-state index contributed by atoms with van der Waals surface area (Å²) in [7, 11) is 0. The predicted octanol–water partition coefficient (Wildman–Crippen LogP) is 0.855. The first-order valence-corrected chi connectivity index (χ1v) is 7.68. The Balaban J connectivity index is 2.00. The van der Waals surface area contributed by atoms with Gasteiger partial charge in [0.05, 0.1) is 6.10 Å². The van der Waals surface area contributed by atoms with Crippen LogP contribution in [0.4, 0.5) is 0 Å². The molecule has 7 nitrogen and oxygen atoms in total. The van der Waals surface area contributed by atoms with Crippen LogP contribution in [-0.2, 0) is 33.3 Å². The summed E-state index contributed by atoms with van der Waals surface area (Å²) in [6.45, 7) is 3.36. The highest BCUT2D eigenvalue weighted by Crippen LogP contribution is 2.32. The average Bonchev–Trinajstić information content (AvgIpc) is 2.58. The molecule has 0 aliphatic carbocycles. The van der Waals surface area contributed by atoms with Gasteiger partial charge < -0.3 is 23.7 Å². The molecule has 0 amide bonds. The van der Waals surface area contributed by atoms with E-state index in [1.165, 1.54) is 0 Å². The molecule has 2 heterocycles. The van der Waals surface area contributed by atoms with Crippen LogP contribution in [0.1, 0.15) is 25.7 Å². The van der Waals surface area contributed by atoms with Crippen molar-refractivity contribution in [3.05, 3.63) is 6.10 Å². The van der Waals surface area contributed by atoms with Crippen molar-refractivity contribution in [3.8, 4) is 0 Å². The molecular formula is C15H23O7. The van der Waals surface area contributed by atoms with Gasteiger partial charge in [0.1, 0.15) is 12.7 Å². The molecule has 22 heavy (non-hydrogen) atoms. The number of ether oxygens (including phenoxy) is 5. The molecule has 0 aromatic rings. The number of carbonyl (C=O) groups is 2. The molecule has 0 aromatic heterocycles. The maximum Gasteiger partial charge on any atom is 0.293 e. The second-order valence-corrected chi connectivity index (χ2v) is 5.37. The van der Waals surface area contributed by atoms with Gasteiger partial charge in [-0.2, -0.15) is 0 Å². The van der Waals surface area contributed by atoms with Gasteiger partial charge in [-0.25, -0.2) is 0 Å². The Morgan fingerprint density at radius 1 is 1.00 bits per heavy atom. The van der Waals surface area contributed by atoms with E-state index in [9.17, 15) is 9.59 Å². The molecule has 2 aliphatic heterocycles. The molecule has 1 radical (unpaired) electrons. The van der Waals surface area contributed by atoms with E-state index in [0.29, 0.717) is 45.5 Å². The van der Waals surface area contributed by atoms with E-state index in [0.717, 1.165) is 25.7 Å². The van der Waals surface area contributed by atoms with Crippen LogP contribution >= 0.6 is 0 Å². The third-order valence-corrected chi connectivity index (χ3v) is 3.97. The summed E-state index contributed by atoms with van der Waals surface area (Å²) in [4.78, 5) is 21.4. The van der Waals surface area contributed by atoms with Crippen molar-refractivity contribution in [1.82, 2.24) is 0 Å². The van der Waals surface area contributed by atoms with Crippen molar-refractivity contribution < 1.29 is 33.3 Å². The zero-order valence-corrected chi connectivity index (χ0v) is 12.6. The minimum atomic E-state index is -0.540. The summed E-state index contributed by atoms with van der Waals surface area (Å²) in [5, 5.41) is 0. The van der Waals surface area contributed by atoms with Crippen LogP contribution in [0.5, 0.6) is 0 Å². The summed E-state index contributed by atoms with van der Waals surface area (Å²) in [6.07, 6.45) is 3.09. The highest BCUT2D eigenvalue weighted by atomic mass is 16.6. The monoisotopic (exact) mass is 315 g/mol. The first-order valence-electron chi connectivity index (χ1n) is 7.68. The van der Waals surface area contributed by atoms with E-state index in [4.69, 9.17) is 23.7 Å². The minimum absolute atomic E-state index is 0.0131. The number of hydrogen-bond donors (Lipinski definition) is 0. The molecule has 0 aromatic carbocycles. The molecular weight excluding hydrogens is 292 g/mol. The van der Waals surface area contributed by atoms with Crippen molar-refractivity contribution in [2.75, 3.05) is 33.0 Å². The first kappa shape index (κ1) is 17.2. The van der Waals surface area contributed by atoms with Gasteiger partial charge in [0.25, 0.3) is 12.9 Å². The number of rotatable bonds is 9. The Labute approximate surface area is 130 Å². The molecule has 0 saturated carbocycles. The molecule has 1 unspecified atom stereocenters. The van der Waals surface area contributed by atoms with Gasteiger partial charge in [0.2, 0.25) is 0 Å². The fraction of sp³-hybridized carbons (Fsp3) is 0.800. The normalized spacial score (nSPS) is 22.2. The highest BCUT2D eigenvalue weighted by Gasteiger charge is 2.37. The van der Waals surface area contributed by atoms with Crippen LogP contribution in [0.25, 0.3) is 0 Å². The zero-order chi connectivity index (χ0) is 15.6. The second-order valence-electron chi connectivity index (χ2n) is 5.37. The smallest absolute Gasteiger partial charge is 0.293 e. The lowest BCUT2D eigenvalue weighted by Crippen LogP contribution is -2.40. The third kappa shape index (κ3) is 5.23. The van der Waals surface area contributed by atoms with Gasteiger partial charge >= 0.3 is 0 Å². The minimum Gasteiger partial charge on any atom is -0.465 e. The van der Waals surface area contributed by atoms with Gasteiger partial charge in [0.15, 0.2) is 6.10 Å². The Hall–Kier alpha value is -1.18. The van der Waals surface area contributed by atoms with Crippen molar-refractivity contribution in [1.29, 1.82) is 0 Å². The summed E-state index contributed by atoms with van der Waals surface area (Å²) in [6, 6.07) is 0. The summed E-state index contributed by atoms with van der Waals surface area (Å²) in [5.41, 5.74) is 0. The quantitative estimate of drug-likeness (QED) is 0.584. The molecule has 1 atom stereocenters. The first-order chi connectivity index (χ1) is 10.8. The topological polar surface area (TPSA) is 80.3 Å². The number of carbonyl (C=O) groups excluding carboxylic acids is 2. The van der Waals surface area contributed by atoms with Gasteiger partial charge in [0, 0.05) is 32.3 Å². The van der Waals surface area contributed by atoms with E-state index >= 15 is 0 Å². The van der Waals surface area contributed by atoms with Crippen LogP contribution in [0, 0.1) is 12.0 Å². The number of hydrogen-bond acceptors (Lipinski definition) is 7. The Bertz CT molecular complexity index is 324. The Morgan fingerprint density at radius 3 is 2.23 bits per heavy atom. The molecule has 0 bridgehead atoms. The fourth-order valence-corrected chi connectivity index (χ4v) is 2.83. The van der Waals surface area contributed by atoms with Crippen LogP contribution in [0.2, 0.25) is 0 Å². The van der Waals surface area contributed by atoms with E-state index < -0.39 is 6.10 Å². The predicted molar refractivity (Wildman–Crippen MR) is 74.7 cm³/mol. The van der Waals surface area contributed by atoms with Crippen molar-refractivity contribution in [3.63, 3.8) is 0 Å². The third-order valence-electron chi connectivity index (χ3n) is 3.97. The maximum atomic E-state index is 10.9. The summed E-state index contributed by atoms with van der Waals surface area (Å²) < 4.78 is 26.8. The highest BCUT2D eigenvalue weighted by molar-refractivity contribution is 5.40. The van der Waals surface area contributed by atoms with Gasteiger partial charge in [-0.1, -0.05) is 0 Å². The lowest BCUT2D eigenvalue weighted by Gasteiger charge is -2.35. The van der Waals surface area contributed by atoms with E-state index in [1.54, 1.807) is 0 Å².